The Morgan fingerprint density at radius 3 is 1.03 bits per heavy atom. The molecule has 0 amide bonds. The van der Waals surface area contributed by atoms with Crippen LogP contribution in [0.25, 0.3) is 0 Å². The van der Waals surface area contributed by atoms with E-state index >= 15 is 0 Å². The largest absolute Gasteiger partial charge is 2.00 e. The Kier molecular flexibility index (Phi) is 31.4. The Morgan fingerprint density at radius 2 is 0.909 bits per heavy atom. The molecule has 0 spiro atoms. The first-order chi connectivity index (χ1) is 14.0. The first kappa shape index (κ1) is 41.6. The summed E-state index contributed by atoms with van der Waals surface area (Å²) in [5.74, 6) is 0.720. The quantitative estimate of drug-likeness (QED) is 0.217. The Hall–Kier alpha value is -1.69. The van der Waals surface area contributed by atoms with E-state index in [1.54, 1.807) is 0 Å². The minimum Gasteiger partial charge on any atom is -2.00 e. The van der Waals surface area contributed by atoms with E-state index < -0.39 is 10.2 Å². The van der Waals surface area contributed by atoms with Gasteiger partial charge in [-0.25, -0.2) is 9.15 Å². The number of rotatable bonds is 6. The first-order valence-electron chi connectivity index (χ1n) is 10.3. The summed E-state index contributed by atoms with van der Waals surface area (Å²) in [7, 11) is 0. The van der Waals surface area contributed by atoms with Crippen LogP contribution in [0.4, 0.5) is 0 Å². The van der Waals surface area contributed by atoms with E-state index in [1.807, 2.05) is 9.15 Å². The summed E-state index contributed by atoms with van der Waals surface area (Å²) < 4.78 is 4.08. The predicted molar refractivity (Wildman–Crippen MR) is 110 cm³/mol. The van der Waals surface area contributed by atoms with Crippen LogP contribution in [0, 0.1) is 61.8 Å². The monoisotopic (exact) mass is 704 g/mol. The summed E-state index contributed by atoms with van der Waals surface area (Å²) in [6.45, 7) is 10.6. The average Bonchev–Trinajstić information content (AvgIpc) is 3.26. The van der Waals surface area contributed by atoms with Gasteiger partial charge in [-0.2, -0.15) is 0 Å². The molecule has 0 N–H and O–H groups in total. The van der Waals surface area contributed by atoms with Crippen molar-refractivity contribution in [3.63, 3.8) is 0 Å². The van der Waals surface area contributed by atoms with Gasteiger partial charge in [0, 0.05) is 82.5 Å². The molecule has 33 heavy (non-hydrogen) atoms. The Bertz CT molecular complexity index is 525. The second-order valence-corrected chi connectivity index (χ2v) is 6.77. The molecule has 14 nitrogen and oxygen atoms in total. The van der Waals surface area contributed by atoms with Crippen LogP contribution in [-0.2, 0) is 11.0 Å². The van der Waals surface area contributed by atoms with Crippen LogP contribution in [0.5, 0.6) is 0 Å². The average molecular weight is 705 g/mol. The van der Waals surface area contributed by atoms with Gasteiger partial charge in [0.1, 0.15) is 24.9 Å². The van der Waals surface area contributed by atoms with Gasteiger partial charge in [-0.05, 0) is 0 Å². The van der Waals surface area contributed by atoms with Crippen molar-refractivity contribution < 1.29 is 71.6 Å². The van der Waals surface area contributed by atoms with E-state index in [2.05, 4.69) is 27.7 Å². The third-order valence-corrected chi connectivity index (χ3v) is 4.99. The van der Waals surface area contributed by atoms with Crippen molar-refractivity contribution >= 4 is 11.8 Å². The van der Waals surface area contributed by atoms with Gasteiger partial charge in [-0.3, -0.25) is 0 Å². The summed E-state index contributed by atoms with van der Waals surface area (Å²) in [6.07, 6.45) is 8.08. The van der Waals surface area contributed by atoms with Crippen LogP contribution in [0.15, 0.2) is 0 Å². The van der Waals surface area contributed by atoms with Gasteiger partial charge in [0.05, 0.1) is 10.2 Å². The molecule has 15 heteroatoms. The van der Waals surface area contributed by atoms with Crippen molar-refractivity contribution in [2.75, 3.05) is 13.1 Å². The molecule has 0 aromatic rings. The van der Waals surface area contributed by atoms with Crippen LogP contribution in [0.2, 0.25) is 0 Å². The van der Waals surface area contributed by atoms with Gasteiger partial charge in [-0.1, -0.05) is 27.7 Å². The number of hydrogen-bond donors (Lipinski definition) is 0. The number of hydrogen-bond acceptors (Lipinski definition) is 8. The third-order valence-electron chi connectivity index (χ3n) is 4.99. The van der Waals surface area contributed by atoms with Crippen molar-refractivity contribution in [1.29, 1.82) is 0 Å². The van der Waals surface area contributed by atoms with Gasteiger partial charge >= 0.3 is 0 Å². The van der Waals surface area contributed by atoms with Gasteiger partial charge in [0.25, 0.3) is 0 Å². The molecule has 196 valence electrons. The molecule has 0 aromatic carbocycles. The maximum atomic E-state index is 11.3. The molecule has 0 saturated carbocycles. The zero-order chi connectivity index (χ0) is 23.7. The fourth-order valence-electron chi connectivity index (χ4n) is 3.57. The maximum absolute atomic E-state index is 11.3. The van der Waals surface area contributed by atoms with Gasteiger partial charge < -0.3 is 51.8 Å². The zero-order valence-electron chi connectivity index (χ0n) is 19.6. The van der Waals surface area contributed by atoms with E-state index in [9.17, 15) is 10.2 Å². The molecular formula is C18H34N4O10U-6. The summed E-state index contributed by atoms with van der Waals surface area (Å²) in [4.78, 5) is 16.5. The van der Waals surface area contributed by atoms with Crippen molar-refractivity contribution in [3.05, 3.63) is 30.6 Å². The Labute approximate surface area is 217 Å². The van der Waals surface area contributed by atoms with Gasteiger partial charge in [0.15, 0.2) is 12.1 Å². The van der Waals surface area contributed by atoms with E-state index in [4.69, 9.17) is 30.6 Å². The molecule has 0 unspecified atom stereocenters. The van der Waals surface area contributed by atoms with Crippen LogP contribution < -0.4 is 10.2 Å². The molecule has 0 radical (unpaired) electrons. The van der Waals surface area contributed by atoms with E-state index in [0.717, 1.165) is 64.5 Å². The third kappa shape index (κ3) is 20.6. The van der Waals surface area contributed by atoms with Crippen molar-refractivity contribution in [2.45, 2.75) is 91.1 Å². The maximum Gasteiger partial charge on any atom is 0.151 e. The summed E-state index contributed by atoms with van der Waals surface area (Å²) in [5, 5.41) is 52.0. The van der Waals surface area contributed by atoms with E-state index in [1.165, 1.54) is 0 Å². The molecule has 0 aliphatic carbocycles. The van der Waals surface area contributed by atoms with Crippen LogP contribution in [0.3, 0.4) is 0 Å². The molecule has 0 fully saturated rings. The van der Waals surface area contributed by atoms with Gasteiger partial charge in [0.2, 0.25) is 0 Å². The molecule has 0 aromatic heterocycles. The van der Waals surface area contributed by atoms with Gasteiger partial charge in [-0.15, -0.1) is 0 Å². The van der Waals surface area contributed by atoms with Crippen molar-refractivity contribution in [1.82, 2.24) is 0 Å². The molecule has 2 aliphatic rings. The molecule has 0 saturated heterocycles. The fraction of sp³-hybridized carbons (Fsp3) is 0.889. The SMILES string of the molecule is CCC(CC)[N+]1=C([O-])CCC1.CCC(CC)[N+]1=C([O-])CCC1.O=[N+]([O-])[O-].O=[N+]([O-])[O-].[O-2].[O-2].[U]. The Balaban J connectivity index is -0.000000113. The van der Waals surface area contributed by atoms with Crippen molar-refractivity contribution in [3.8, 4) is 0 Å². The molecular weight excluding hydrogens is 670 g/mol. The molecule has 0 bridgehead atoms. The van der Waals surface area contributed by atoms with Crippen LogP contribution in [0.1, 0.15) is 79.1 Å². The van der Waals surface area contributed by atoms with Crippen LogP contribution in [-0.4, -0.2) is 56.3 Å². The van der Waals surface area contributed by atoms with Crippen molar-refractivity contribution in [2.24, 2.45) is 0 Å². The Morgan fingerprint density at radius 1 is 0.697 bits per heavy atom. The predicted octanol–water partition coefficient (Wildman–Crippen LogP) is 0.764. The van der Waals surface area contributed by atoms with Crippen LogP contribution >= 0.6 is 0 Å². The van der Waals surface area contributed by atoms with E-state index in [0.29, 0.717) is 23.9 Å². The second-order valence-electron chi connectivity index (χ2n) is 6.77. The molecule has 2 heterocycles. The topological polar surface area (TPSA) is 242 Å². The summed E-state index contributed by atoms with van der Waals surface area (Å²) in [5.41, 5.74) is 0. The smallest absolute Gasteiger partial charge is 0.151 e. The summed E-state index contributed by atoms with van der Waals surface area (Å²) in [6, 6.07) is 1.01. The van der Waals surface area contributed by atoms with E-state index in [-0.39, 0.29) is 42.1 Å². The first-order valence-corrected chi connectivity index (χ1v) is 10.3. The molecule has 2 rings (SSSR count). The molecule has 0 atom stereocenters. The normalized spacial score (nSPS) is 13.8. The zero-order valence-corrected chi connectivity index (χ0v) is 23.8. The second kappa shape index (κ2) is 24.9. The molecule has 2 aliphatic heterocycles. The minimum absolute atomic E-state index is 0. The minimum atomic E-state index is -1.75. The fourth-order valence-corrected chi connectivity index (χ4v) is 3.57. The number of nitrogens with zero attached hydrogens (tertiary/aromatic N) is 4. The standard InChI is InChI=1S/2C9H17NO.2NO3.2O.U/c2*1-3-8(4-2)10-7-5-6-9(10)11;2*2-1(3)4;;;/h2*8H,3-7H2,1-2H3;;;;;/q;;2*-1;2*-2;. The summed E-state index contributed by atoms with van der Waals surface area (Å²) >= 11 is 0.